The van der Waals surface area contributed by atoms with Crippen LogP contribution in [-0.4, -0.2) is 24.9 Å². The van der Waals surface area contributed by atoms with Crippen LogP contribution < -0.4 is 5.32 Å². The van der Waals surface area contributed by atoms with Crippen molar-refractivity contribution in [2.75, 3.05) is 7.11 Å². The maximum absolute atomic E-state index is 12.2. The molecule has 1 aromatic carbocycles. The van der Waals surface area contributed by atoms with Crippen molar-refractivity contribution in [1.82, 2.24) is 5.32 Å². The van der Waals surface area contributed by atoms with Crippen LogP contribution in [0.4, 0.5) is 0 Å². The van der Waals surface area contributed by atoms with Gasteiger partial charge in [-0.1, -0.05) is 44.2 Å². The summed E-state index contributed by atoms with van der Waals surface area (Å²) in [5.41, 5.74) is 0.390. The molecule has 1 rings (SSSR count). The summed E-state index contributed by atoms with van der Waals surface area (Å²) in [4.78, 5) is 23.8. The zero-order valence-electron chi connectivity index (χ0n) is 13.3. The first-order valence-corrected chi connectivity index (χ1v) is 7.14. The number of carbonyl (C=O) groups excluding carboxylic acids is 2. The maximum Gasteiger partial charge on any atom is 0.306 e. The Morgan fingerprint density at radius 1 is 1.32 bits per heavy atom. The molecule has 1 N–H and O–H groups in total. The number of Topliss-reactive ketones (excluding diaryl/α,β-unsaturated/α-hetero) is 1. The molecule has 0 aromatic heterocycles. The number of carbonyl (C=O) groups is 2. The van der Waals surface area contributed by atoms with Crippen LogP contribution in [0.1, 0.15) is 32.3 Å². The van der Waals surface area contributed by atoms with E-state index in [9.17, 15) is 9.59 Å². The molecule has 0 fully saturated rings. The van der Waals surface area contributed by atoms with Gasteiger partial charge in [0.1, 0.15) is 0 Å². The van der Waals surface area contributed by atoms with Gasteiger partial charge >= 0.3 is 5.97 Å². The number of benzene rings is 1. The second-order valence-corrected chi connectivity index (χ2v) is 5.84. The van der Waals surface area contributed by atoms with E-state index in [-0.39, 0.29) is 24.6 Å². The number of methoxy groups -OCH3 is 1. The molecule has 5 heteroatoms. The van der Waals surface area contributed by atoms with Crippen LogP contribution >= 0.6 is 0 Å². The minimum atomic E-state index is -0.643. The van der Waals surface area contributed by atoms with E-state index in [1.807, 2.05) is 50.2 Å². The van der Waals surface area contributed by atoms with Crippen LogP contribution in [0.2, 0.25) is 0 Å². The van der Waals surface area contributed by atoms with Crippen molar-refractivity contribution in [2.45, 2.75) is 39.3 Å². The molecule has 0 saturated heterocycles. The Bertz CT molecular complexity index is 547. The number of rotatable bonds is 8. The van der Waals surface area contributed by atoms with Crippen LogP contribution in [0.5, 0.6) is 0 Å². The lowest BCUT2D eigenvalue weighted by Crippen LogP contribution is -2.48. The number of ether oxygens (including phenoxy) is 1. The summed E-state index contributed by atoms with van der Waals surface area (Å²) < 4.78 is 4.70. The molecular weight excluding hydrogens is 280 g/mol. The van der Waals surface area contributed by atoms with Crippen LogP contribution in [0.25, 0.3) is 0 Å². The first-order valence-electron chi connectivity index (χ1n) is 7.14. The number of hydrogen-bond acceptors (Lipinski definition) is 5. The predicted octanol–water partition coefficient (Wildman–Crippen LogP) is 2.22. The molecule has 118 valence electrons. The summed E-state index contributed by atoms with van der Waals surface area (Å²) in [6.45, 7) is 4.14. The van der Waals surface area contributed by atoms with Gasteiger partial charge in [-0.05, 0) is 11.0 Å². The molecule has 5 nitrogen and oxygen atoms in total. The van der Waals surface area contributed by atoms with Crippen LogP contribution in [0.3, 0.4) is 0 Å². The van der Waals surface area contributed by atoms with Crippen molar-refractivity contribution in [3.8, 4) is 6.07 Å². The molecule has 0 radical (unpaired) electrons. The number of esters is 1. The number of nitrogens with one attached hydrogen (secondary N) is 1. The predicted molar refractivity (Wildman–Crippen MR) is 82.7 cm³/mol. The van der Waals surface area contributed by atoms with Gasteiger partial charge in [0.05, 0.1) is 32.1 Å². The smallest absolute Gasteiger partial charge is 0.306 e. The van der Waals surface area contributed by atoms with Gasteiger partial charge < -0.3 is 10.1 Å². The third kappa shape index (κ3) is 5.30. The van der Waals surface area contributed by atoms with Crippen molar-refractivity contribution in [2.24, 2.45) is 5.41 Å². The van der Waals surface area contributed by atoms with Crippen molar-refractivity contribution in [3.05, 3.63) is 35.9 Å². The molecule has 0 aliphatic rings. The van der Waals surface area contributed by atoms with Crippen LogP contribution in [-0.2, 0) is 20.9 Å². The standard InChI is InChI=1S/C17H22N2O3/c1-17(2,11-15(21)22-3)16(14(20)9-10-18)19-12-13-7-5-4-6-8-13/h4-8,16,19H,9,11-12H2,1-3H3. The van der Waals surface area contributed by atoms with E-state index < -0.39 is 11.5 Å². The molecule has 1 unspecified atom stereocenters. The maximum atomic E-state index is 12.2. The minimum absolute atomic E-state index is 0.104. The first-order chi connectivity index (χ1) is 10.4. The molecule has 0 heterocycles. The van der Waals surface area contributed by atoms with E-state index in [0.29, 0.717) is 6.54 Å². The fourth-order valence-electron chi connectivity index (χ4n) is 2.37. The summed E-state index contributed by atoms with van der Waals surface area (Å²) in [5, 5.41) is 12.0. The minimum Gasteiger partial charge on any atom is -0.469 e. The normalized spacial score (nSPS) is 12.3. The van der Waals surface area contributed by atoms with Gasteiger partial charge in [-0.3, -0.25) is 9.59 Å². The van der Waals surface area contributed by atoms with E-state index in [1.165, 1.54) is 7.11 Å². The third-order valence-electron chi connectivity index (χ3n) is 3.54. The zero-order valence-corrected chi connectivity index (χ0v) is 13.3. The lowest BCUT2D eigenvalue weighted by atomic mass is 9.78. The van der Waals surface area contributed by atoms with Gasteiger partial charge in [0.15, 0.2) is 5.78 Å². The highest BCUT2D eigenvalue weighted by Gasteiger charge is 2.36. The third-order valence-corrected chi connectivity index (χ3v) is 3.54. The molecule has 0 amide bonds. The van der Waals surface area contributed by atoms with Gasteiger partial charge in [-0.25, -0.2) is 0 Å². The average Bonchev–Trinajstić information content (AvgIpc) is 2.48. The van der Waals surface area contributed by atoms with Crippen molar-refractivity contribution < 1.29 is 14.3 Å². The van der Waals surface area contributed by atoms with Crippen molar-refractivity contribution in [1.29, 1.82) is 5.26 Å². The van der Waals surface area contributed by atoms with Gasteiger partial charge in [0.2, 0.25) is 0 Å². The SMILES string of the molecule is COC(=O)CC(C)(C)C(NCc1ccccc1)C(=O)CC#N. The molecule has 0 aliphatic carbocycles. The van der Waals surface area contributed by atoms with Gasteiger partial charge in [0, 0.05) is 6.54 Å². The van der Waals surface area contributed by atoms with E-state index in [1.54, 1.807) is 0 Å². The van der Waals surface area contributed by atoms with E-state index in [0.717, 1.165) is 5.56 Å². The van der Waals surface area contributed by atoms with Crippen LogP contribution in [0, 0.1) is 16.7 Å². The molecule has 1 aromatic rings. The summed E-state index contributed by atoms with van der Waals surface area (Å²) >= 11 is 0. The molecule has 1 atom stereocenters. The highest BCUT2D eigenvalue weighted by Crippen LogP contribution is 2.27. The highest BCUT2D eigenvalue weighted by atomic mass is 16.5. The second-order valence-electron chi connectivity index (χ2n) is 5.84. The Morgan fingerprint density at radius 3 is 2.50 bits per heavy atom. The summed E-state index contributed by atoms with van der Waals surface area (Å²) in [6, 6.07) is 10.9. The molecule has 0 saturated carbocycles. The van der Waals surface area contributed by atoms with Gasteiger partial charge in [-0.2, -0.15) is 5.26 Å². The number of hydrogen-bond donors (Lipinski definition) is 1. The Kier molecular flexibility index (Phi) is 6.74. The Labute approximate surface area is 131 Å². The van der Waals surface area contributed by atoms with E-state index in [4.69, 9.17) is 10.00 Å². The van der Waals surface area contributed by atoms with Gasteiger partial charge in [0.25, 0.3) is 0 Å². The lowest BCUT2D eigenvalue weighted by molar-refractivity contribution is -0.143. The second kappa shape index (κ2) is 8.30. The fraction of sp³-hybridized carbons (Fsp3) is 0.471. The number of nitriles is 1. The zero-order chi connectivity index (χ0) is 16.6. The summed E-state index contributed by atoms with van der Waals surface area (Å²) in [6.07, 6.45) is -0.0792. The monoisotopic (exact) mass is 302 g/mol. The first kappa shape index (κ1) is 17.9. The quantitative estimate of drug-likeness (QED) is 0.745. The largest absolute Gasteiger partial charge is 0.469 e. The summed E-state index contributed by atoms with van der Waals surface area (Å²) in [5.74, 6) is -0.589. The highest BCUT2D eigenvalue weighted by molar-refractivity contribution is 5.87. The van der Waals surface area contributed by atoms with E-state index >= 15 is 0 Å². The van der Waals surface area contributed by atoms with Gasteiger partial charge in [-0.15, -0.1) is 0 Å². The molecule has 0 spiro atoms. The lowest BCUT2D eigenvalue weighted by Gasteiger charge is -2.33. The van der Waals surface area contributed by atoms with E-state index in [2.05, 4.69) is 5.32 Å². The van der Waals surface area contributed by atoms with Crippen LogP contribution in [0.15, 0.2) is 30.3 Å². The summed E-state index contributed by atoms with van der Waals surface area (Å²) in [7, 11) is 1.32. The fourth-order valence-corrected chi connectivity index (χ4v) is 2.37. The Morgan fingerprint density at radius 2 is 1.95 bits per heavy atom. The van der Waals surface area contributed by atoms with Crippen molar-refractivity contribution in [3.63, 3.8) is 0 Å². The number of nitrogens with zero attached hydrogens (tertiary/aromatic N) is 1. The average molecular weight is 302 g/mol. The topological polar surface area (TPSA) is 79.2 Å². The molecule has 22 heavy (non-hydrogen) atoms. The van der Waals surface area contributed by atoms with Crippen molar-refractivity contribution >= 4 is 11.8 Å². The molecule has 0 bridgehead atoms. The number of ketones is 1. The Hall–Kier alpha value is -2.19. The molecular formula is C17H22N2O3. The Balaban J connectivity index is 2.85. The molecule has 0 aliphatic heterocycles.